The molecular formula is C12H14N4. The third-order valence-corrected chi connectivity index (χ3v) is 2.66. The molecule has 2 heterocycles. The molecule has 0 saturated carbocycles. The molecular weight excluding hydrogens is 200 g/mol. The molecule has 4 nitrogen and oxygen atoms in total. The van der Waals surface area contributed by atoms with Gasteiger partial charge >= 0.3 is 0 Å². The van der Waals surface area contributed by atoms with Crippen LogP contribution in [0.5, 0.6) is 0 Å². The van der Waals surface area contributed by atoms with E-state index in [1.807, 2.05) is 39.1 Å². The van der Waals surface area contributed by atoms with Gasteiger partial charge in [-0.25, -0.2) is 9.50 Å². The molecule has 0 aromatic carbocycles. The van der Waals surface area contributed by atoms with Gasteiger partial charge in [0, 0.05) is 6.20 Å². The van der Waals surface area contributed by atoms with Crippen LogP contribution in [0.3, 0.4) is 0 Å². The van der Waals surface area contributed by atoms with Gasteiger partial charge in [0.05, 0.1) is 6.07 Å². The molecule has 2 aromatic rings. The lowest BCUT2D eigenvalue weighted by Gasteiger charge is -2.07. The first-order valence-corrected chi connectivity index (χ1v) is 5.35. The molecule has 0 fully saturated rings. The van der Waals surface area contributed by atoms with Crippen LogP contribution in [0.1, 0.15) is 31.2 Å². The smallest absolute Gasteiger partial charge is 0.169 e. The van der Waals surface area contributed by atoms with E-state index in [0.29, 0.717) is 5.82 Å². The SMILES string of the molecule is Cc1cccn2nc(C(C#N)C(C)C)nc12. The van der Waals surface area contributed by atoms with Crippen LogP contribution in [0.2, 0.25) is 0 Å². The molecule has 0 aliphatic rings. The third-order valence-electron chi connectivity index (χ3n) is 2.66. The lowest BCUT2D eigenvalue weighted by Crippen LogP contribution is -2.06. The van der Waals surface area contributed by atoms with Crippen LogP contribution >= 0.6 is 0 Å². The molecule has 1 atom stereocenters. The van der Waals surface area contributed by atoms with E-state index in [2.05, 4.69) is 16.2 Å². The highest BCUT2D eigenvalue weighted by atomic mass is 15.3. The summed E-state index contributed by atoms with van der Waals surface area (Å²) >= 11 is 0. The summed E-state index contributed by atoms with van der Waals surface area (Å²) in [6, 6.07) is 6.18. The summed E-state index contributed by atoms with van der Waals surface area (Å²) in [6.07, 6.45) is 1.85. The molecule has 82 valence electrons. The fourth-order valence-corrected chi connectivity index (χ4v) is 1.69. The maximum atomic E-state index is 9.11. The van der Waals surface area contributed by atoms with Crippen molar-refractivity contribution < 1.29 is 0 Å². The Morgan fingerprint density at radius 3 is 2.75 bits per heavy atom. The first-order chi connectivity index (χ1) is 7.63. The van der Waals surface area contributed by atoms with E-state index in [4.69, 9.17) is 5.26 Å². The summed E-state index contributed by atoms with van der Waals surface area (Å²) < 4.78 is 1.73. The maximum Gasteiger partial charge on any atom is 0.169 e. The number of hydrogen-bond acceptors (Lipinski definition) is 3. The molecule has 0 bridgehead atoms. The van der Waals surface area contributed by atoms with Crippen molar-refractivity contribution in [1.82, 2.24) is 14.6 Å². The standard InChI is InChI=1S/C12H14N4/c1-8(2)10(7-13)11-14-12-9(3)5-4-6-16(12)15-11/h4-6,8,10H,1-3H3. The van der Waals surface area contributed by atoms with Crippen molar-refractivity contribution >= 4 is 5.65 Å². The van der Waals surface area contributed by atoms with Crippen LogP contribution in [0, 0.1) is 24.2 Å². The summed E-state index contributed by atoms with van der Waals surface area (Å²) in [5, 5.41) is 13.5. The number of fused-ring (bicyclic) bond motifs is 1. The van der Waals surface area contributed by atoms with E-state index in [1.165, 1.54) is 0 Å². The Bertz CT molecular complexity index is 548. The van der Waals surface area contributed by atoms with Crippen LogP contribution in [-0.2, 0) is 0 Å². The average molecular weight is 214 g/mol. The number of hydrogen-bond donors (Lipinski definition) is 0. The van der Waals surface area contributed by atoms with Gasteiger partial charge < -0.3 is 0 Å². The number of pyridine rings is 1. The normalized spacial score (nSPS) is 12.9. The second-order valence-corrected chi connectivity index (χ2v) is 4.28. The van der Waals surface area contributed by atoms with Crippen LogP contribution in [0.15, 0.2) is 18.3 Å². The topological polar surface area (TPSA) is 54.0 Å². The first-order valence-electron chi connectivity index (χ1n) is 5.35. The molecule has 4 heteroatoms. The Labute approximate surface area is 94.5 Å². The number of nitrogens with zero attached hydrogens (tertiary/aromatic N) is 4. The molecule has 0 spiro atoms. The Morgan fingerprint density at radius 2 is 2.19 bits per heavy atom. The molecule has 2 aromatic heterocycles. The van der Waals surface area contributed by atoms with Crippen molar-refractivity contribution in [2.75, 3.05) is 0 Å². The first kappa shape index (κ1) is 10.6. The Balaban J connectivity index is 2.55. The zero-order valence-corrected chi connectivity index (χ0v) is 9.68. The Kier molecular flexibility index (Phi) is 2.61. The number of aryl methyl sites for hydroxylation is 1. The van der Waals surface area contributed by atoms with Crippen molar-refractivity contribution in [3.05, 3.63) is 29.7 Å². The van der Waals surface area contributed by atoms with E-state index in [1.54, 1.807) is 4.52 Å². The minimum Gasteiger partial charge on any atom is -0.221 e. The molecule has 0 radical (unpaired) electrons. The van der Waals surface area contributed by atoms with E-state index in [-0.39, 0.29) is 11.8 Å². The fraction of sp³-hybridized carbons (Fsp3) is 0.417. The molecule has 0 saturated heterocycles. The van der Waals surface area contributed by atoms with Gasteiger partial charge in [-0.05, 0) is 24.5 Å². The highest BCUT2D eigenvalue weighted by Crippen LogP contribution is 2.21. The van der Waals surface area contributed by atoms with Gasteiger partial charge in [0.1, 0.15) is 5.92 Å². The number of nitriles is 1. The predicted molar refractivity (Wildman–Crippen MR) is 60.9 cm³/mol. The van der Waals surface area contributed by atoms with Gasteiger partial charge in [-0.3, -0.25) is 0 Å². The van der Waals surface area contributed by atoms with Crippen molar-refractivity contribution in [2.45, 2.75) is 26.7 Å². The van der Waals surface area contributed by atoms with Gasteiger partial charge in [-0.2, -0.15) is 5.26 Å². The van der Waals surface area contributed by atoms with Crippen LogP contribution < -0.4 is 0 Å². The minimum atomic E-state index is -0.237. The minimum absolute atomic E-state index is 0.225. The van der Waals surface area contributed by atoms with Crippen LogP contribution in [-0.4, -0.2) is 14.6 Å². The highest BCUT2D eigenvalue weighted by Gasteiger charge is 2.20. The van der Waals surface area contributed by atoms with E-state index < -0.39 is 0 Å². The van der Waals surface area contributed by atoms with Gasteiger partial charge in [-0.1, -0.05) is 19.9 Å². The van der Waals surface area contributed by atoms with Gasteiger partial charge in [0.15, 0.2) is 11.5 Å². The molecule has 0 N–H and O–H groups in total. The van der Waals surface area contributed by atoms with E-state index in [9.17, 15) is 0 Å². The van der Waals surface area contributed by atoms with Gasteiger partial charge in [0.2, 0.25) is 0 Å². The Hall–Kier alpha value is -1.89. The second kappa shape index (κ2) is 3.93. The summed E-state index contributed by atoms with van der Waals surface area (Å²) in [6.45, 7) is 6.00. The lowest BCUT2D eigenvalue weighted by molar-refractivity contribution is 0.561. The summed E-state index contributed by atoms with van der Waals surface area (Å²) in [4.78, 5) is 4.43. The third kappa shape index (κ3) is 1.65. The number of aromatic nitrogens is 3. The van der Waals surface area contributed by atoms with E-state index in [0.717, 1.165) is 11.2 Å². The van der Waals surface area contributed by atoms with Crippen molar-refractivity contribution in [2.24, 2.45) is 5.92 Å². The zero-order valence-electron chi connectivity index (χ0n) is 9.68. The van der Waals surface area contributed by atoms with Gasteiger partial charge in [-0.15, -0.1) is 5.10 Å². The summed E-state index contributed by atoms with van der Waals surface area (Å²) in [5.74, 6) is 0.605. The maximum absolute atomic E-state index is 9.11. The summed E-state index contributed by atoms with van der Waals surface area (Å²) in [7, 11) is 0. The van der Waals surface area contributed by atoms with Crippen molar-refractivity contribution in [3.63, 3.8) is 0 Å². The van der Waals surface area contributed by atoms with Crippen LogP contribution in [0.4, 0.5) is 0 Å². The molecule has 16 heavy (non-hydrogen) atoms. The molecule has 0 aliphatic heterocycles. The van der Waals surface area contributed by atoms with Crippen LogP contribution in [0.25, 0.3) is 5.65 Å². The molecule has 1 unspecified atom stereocenters. The predicted octanol–water partition coefficient (Wildman–Crippen LogP) is 2.30. The Morgan fingerprint density at radius 1 is 1.44 bits per heavy atom. The van der Waals surface area contributed by atoms with Crippen molar-refractivity contribution in [3.8, 4) is 6.07 Å². The summed E-state index contributed by atoms with van der Waals surface area (Å²) in [5.41, 5.74) is 1.90. The quantitative estimate of drug-likeness (QED) is 0.770. The average Bonchev–Trinajstić information content (AvgIpc) is 2.63. The highest BCUT2D eigenvalue weighted by molar-refractivity contribution is 5.46. The van der Waals surface area contributed by atoms with E-state index >= 15 is 0 Å². The largest absolute Gasteiger partial charge is 0.221 e. The lowest BCUT2D eigenvalue weighted by atomic mass is 9.97. The second-order valence-electron chi connectivity index (χ2n) is 4.28. The van der Waals surface area contributed by atoms with Crippen molar-refractivity contribution in [1.29, 1.82) is 5.26 Å². The van der Waals surface area contributed by atoms with Gasteiger partial charge in [0.25, 0.3) is 0 Å². The molecule has 0 amide bonds. The number of rotatable bonds is 2. The molecule has 0 aliphatic carbocycles. The molecule has 2 rings (SSSR count). The fourth-order valence-electron chi connectivity index (χ4n) is 1.69. The monoisotopic (exact) mass is 214 g/mol. The zero-order chi connectivity index (χ0) is 11.7.